The van der Waals surface area contributed by atoms with E-state index in [9.17, 15) is 18.3 Å². The van der Waals surface area contributed by atoms with Crippen molar-refractivity contribution in [1.82, 2.24) is 19.4 Å². The number of aromatic hydroxyl groups is 1. The molecule has 0 aliphatic carbocycles. The Labute approximate surface area is 165 Å². The summed E-state index contributed by atoms with van der Waals surface area (Å²) in [4.78, 5) is 11.1. The SMILES string of the molecule is Cc1cc(C(F)(F)F)cc(O)c1-c1nc2nc(OC3CCN(C)C3)ccc2n1C. The number of hydrogen-bond acceptors (Lipinski definition) is 5. The summed E-state index contributed by atoms with van der Waals surface area (Å²) >= 11 is 0. The standard InChI is InChI=1S/C20H21F3N4O2/c1-11-8-12(20(21,22)23)9-15(28)17(11)19-25-18-14(27(19)3)4-5-16(24-18)29-13-6-7-26(2)10-13/h4-5,8-9,13,28H,6-7,10H2,1-3H3. The molecule has 1 unspecified atom stereocenters. The van der Waals surface area contributed by atoms with Gasteiger partial charge in [0.25, 0.3) is 0 Å². The third-order valence-corrected chi connectivity index (χ3v) is 5.22. The number of hydrogen-bond donors (Lipinski definition) is 1. The predicted octanol–water partition coefficient (Wildman–Crippen LogP) is 3.75. The van der Waals surface area contributed by atoms with Crippen molar-refractivity contribution in [2.24, 2.45) is 7.05 Å². The van der Waals surface area contributed by atoms with Crippen LogP contribution in [0.25, 0.3) is 22.6 Å². The average Bonchev–Trinajstić information content (AvgIpc) is 3.17. The molecule has 0 spiro atoms. The van der Waals surface area contributed by atoms with Gasteiger partial charge in [0.1, 0.15) is 17.7 Å². The smallest absolute Gasteiger partial charge is 0.416 e. The number of imidazole rings is 1. The molecule has 2 aromatic heterocycles. The normalized spacial score (nSPS) is 17.9. The number of pyridine rings is 1. The fourth-order valence-electron chi connectivity index (χ4n) is 3.73. The summed E-state index contributed by atoms with van der Waals surface area (Å²) in [5, 5.41) is 10.3. The number of aromatic nitrogens is 3. The number of halogens is 3. The van der Waals surface area contributed by atoms with E-state index < -0.39 is 17.5 Å². The molecular formula is C20H21F3N4O2. The Balaban J connectivity index is 1.72. The van der Waals surface area contributed by atoms with Crippen LogP contribution in [0.5, 0.6) is 11.6 Å². The van der Waals surface area contributed by atoms with Gasteiger partial charge in [-0.25, -0.2) is 4.98 Å². The summed E-state index contributed by atoms with van der Waals surface area (Å²) in [5.74, 6) is 0.325. The first kappa shape index (κ1) is 19.5. The Hall–Kier alpha value is -2.81. The maximum absolute atomic E-state index is 13.0. The molecule has 0 saturated carbocycles. The van der Waals surface area contributed by atoms with Gasteiger partial charge in [0.05, 0.1) is 16.6 Å². The van der Waals surface area contributed by atoms with Gasteiger partial charge in [-0.1, -0.05) is 0 Å². The number of aryl methyl sites for hydroxylation is 2. The van der Waals surface area contributed by atoms with Gasteiger partial charge in [0.15, 0.2) is 5.65 Å². The molecule has 29 heavy (non-hydrogen) atoms. The van der Waals surface area contributed by atoms with Crippen LogP contribution in [0.4, 0.5) is 13.2 Å². The third kappa shape index (κ3) is 3.62. The van der Waals surface area contributed by atoms with E-state index in [0.29, 0.717) is 22.9 Å². The van der Waals surface area contributed by atoms with E-state index in [1.165, 1.54) is 6.92 Å². The summed E-state index contributed by atoms with van der Waals surface area (Å²) in [6, 6.07) is 5.29. The van der Waals surface area contributed by atoms with E-state index >= 15 is 0 Å². The van der Waals surface area contributed by atoms with Crippen LogP contribution in [-0.4, -0.2) is 50.8 Å². The zero-order valence-electron chi connectivity index (χ0n) is 16.3. The van der Waals surface area contributed by atoms with Crippen molar-refractivity contribution in [2.75, 3.05) is 20.1 Å². The molecule has 6 nitrogen and oxygen atoms in total. The average molecular weight is 406 g/mol. The zero-order chi connectivity index (χ0) is 20.9. The Morgan fingerprint density at radius 2 is 1.93 bits per heavy atom. The van der Waals surface area contributed by atoms with E-state index in [-0.39, 0.29) is 17.2 Å². The molecule has 1 aliphatic rings. The molecule has 1 N–H and O–H groups in total. The van der Waals surface area contributed by atoms with E-state index in [1.54, 1.807) is 17.7 Å². The second kappa shape index (κ2) is 6.91. The van der Waals surface area contributed by atoms with Crippen LogP contribution in [0, 0.1) is 6.92 Å². The fraction of sp³-hybridized carbons (Fsp3) is 0.400. The van der Waals surface area contributed by atoms with Gasteiger partial charge >= 0.3 is 6.18 Å². The number of phenols is 1. The molecule has 0 amide bonds. The highest BCUT2D eigenvalue weighted by molar-refractivity contribution is 5.80. The lowest BCUT2D eigenvalue weighted by Gasteiger charge is -2.13. The van der Waals surface area contributed by atoms with E-state index in [1.807, 2.05) is 13.1 Å². The number of likely N-dealkylation sites (N-methyl/N-ethyl adjacent to an activating group) is 1. The van der Waals surface area contributed by atoms with Crippen molar-refractivity contribution in [2.45, 2.75) is 25.6 Å². The van der Waals surface area contributed by atoms with Gasteiger partial charge < -0.3 is 19.3 Å². The van der Waals surface area contributed by atoms with Crippen molar-refractivity contribution in [3.8, 4) is 23.0 Å². The summed E-state index contributed by atoms with van der Waals surface area (Å²) in [6.45, 7) is 3.31. The van der Waals surface area contributed by atoms with Crippen LogP contribution in [-0.2, 0) is 13.2 Å². The van der Waals surface area contributed by atoms with Gasteiger partial charge in [-0.05, 0) is 44.2 Å². The highest BCUT2D eigenvalue weighted by Crippen LogP contribution is 2.39. The van der Waals surface area contributed by atoms with Gasteiger partial charge in [-0.2, -0.15) is 18.2 Å². The van der Waals surface area contributed by atoms with Crippen LogP contribution in [0.15, 0.2) is 24.3 Å². The summed E-state index contributed by atoms with van der Waals surface area (Å²) in [6.07, 6.45) is -3.55. The minimum absolute atomic E-state index is 0.0642. The number of phenolic OH excluding ortho intramolecular Hbond substituents is 1. The van der Waals surface area contributed by atoms with Crippen molar-refractivity contribution in [3.63, 3.8) is 0 Å². The number of fused-ring (bicyclic) bond motifs is 1. The molecule has 1 fully saturated rings. The van der Waals surface area contributed by atoms with Gasteiger partial charge in [-0.15, -0.1) is 0 Å². The summed E-state index contributed by atoms with van der Waals surface area (Å²) < 4.78 is 46.6. The van der Waals surface area contributed by atoms with Crippen molar-refractivity contribution in [3.05, 3.63) is 35.4 Å². The number of likely N-dealkylation sites (tertiary alicyclic amines) is 1. The molecule has 0 bridgehead atoms. The van der Waals surface area contributed by atoms with Crippen LogP contribution in [0.2, 0.25) is 0 Å². The Morgan fingerprint density at radius 1 is 1.17 bits per heavy atom. The maximum Gasteiger partial charge on any atom is 0.416 e. The first-order valence-electron chi connectivity index (χ1n) is 9.23. The maximum atomic E-state index is 13.0. The minimum atomic E-state index is -4.53. The topological polar surface area (TPSA) is 63.4 Å². The molecule has 9 heteroatoms. The summed E-state index contributed by atoms with van der Waals surface area (Å²) in [7, 11) is 3.76. The number of benzene rings is 1. The number of nitrogens with zero attached hydrogens (tertiary/aromatic N) is 4. The minimum Gasteiger partial charge on any atom is -0.507 e. The molecule has 1 aliphatic heterocycles. The summed E-state index contributed by atoms with van der Waals surface area (Å²) in [5.41, 5.74) is 0.726. The van der Waals surface area contributed by atoms with Crippen molar-refractivity contribution < 1.29 is 23.0 Å². The molecule has 154 valence electrons. The van der Waals surface area contributed by atoms with Crippen LogP contribution < -0.4 is 4.74 Å². The second-order valence-electron chi connectivity index (χ2n) is 7.46. The first-order chi connectivity index (χ1) is 13.6. The van der Waals surface area contributed by atoms with Gasteiger partial charge in [0.2, 0.25) is 5.88 Å². The lowest BCUT2D eigenvalue weighted by molar-refractivity contribution is -0.137. The van der Waals surface area contributed by atoms with Gasteiger partial charge in [-0.3, -0.25) is 0 Å². The molecule has 3 aromatic rings. The highest BCUT2D eigenvalue weighted by atomic mass is 19.4. The lowest BCUT2D eigenvalue weighted by atomic mass is 10.0. The van der Waals surface area contributed by atoms with E-state index in [4.69, 9.17) is 4.74 Å². The monoisotopic (exact) mass is 406 g/mol. The lowest BCUT2D eigenvalue weighted by Crippen LogP contribution is -2.21. The van der Waals surface area contributed by atoms with E-state index in [2.05, 4.69) is 14.9 Å². The van der Waals surface area contributed by atoms with Crippen LogP contribution >= 0.6 is 0 Å². The van der Waals surface area contributed by atoms with E-state index in [0.717, 1.165) is 31.6 Å². The fourth-order valence-corrected chi connectivity index (χ4v) is 3.73. The van der Waals surface area contributed by atoms with Gasteiger partial charge in [0, 0.05) is 26.2 Å². The molecule has 1 aromatic carbocycles. The van der Waals surface area contributed by atoms with Crippen LogP contribution in [0.3, 0.4) is 0 Å². The second-order valence-corrected chi connectivity index (χ2v) is 7.46. The highest BCUT2D eigenvalue weighted by Gasteiger charge is 2.32. The molecule has 3 heterocycles. The third-order valence-electron chi connectivity index (χ3n) is 5.22. The molecule has 4 rings (SSSR count). The molecule has 1 atom stereocenters. The molecular weight excluding hydrogens is 385 g/mol. The Morgan fingerprint density at radius 3 is 2.55 bits per heavy atom. The Bertz CT molecular complexity index is 1050. The van der Waals surface area contributed by atoms with Crippen molar-refractivity contribution >= 4 is 11.2 Å². The Kier molecular flexibility index (Phi) is 4.65. The number of ether oxygens (including phenoxy) is 1. The number of rotatable bonds is 3. The molecule has 0 radical (unpaired) electrons. The largest absolute Gasteiger partial charge is 0.507 e. The molecule has 1 saturated heterocycles. The zero-order valence-corrected chi connectivity index (χ0v) is 16.3. The predicted molar refractivity (Wildman–Crippen MR) is 102 cm³/mol. The number of alkyl halides is 3. The quantitative estimate of drug-likeness (QED) is 0.718. The van der Waals surface area contributed by atoms with Crippen LogP contribution in [0.1, 0.15) is 17.5 Å². The van der Waals surface area contributed by atoms with Crippen molar-refractivity contribution in [1.29, 1.82) is 0 Å². The first-order valence-corrected chi connectivity index (χ1v) is 9.23.